The Morgan fingerprint density at radius 2 is 1.81 bits per heavy atom. The van der Waals surface area contributed by atoms with Crippen LogP contribution in [0.1, 0.15) is 9.67 Å². The van der Waals surface area contributed by atoms with Crippen LogP contribution in [0.2, 0.25) is 0 Å². The minimum atomic E-state index is -3.72. The van der Waals surface area contributed by atoms with Crippen molar-refractivity contribution >= 4 is 53.7 Å². The van der Waals surface area contributed by atoms with Crippen molar-refractivity contribution in [2.45, 2.75) is 4.90 Å². The van der Waals surface area contributed by atoms with Gasteiger partial charge in [0.05, 0.1) is 9.77 Å². The summed E-state index contributed by atoms with van der Waals surface area (Å²) < 4.78 is 24.5. The number of sulfonamides is 1. The zero-order valence-electron chi connectivity index (χ0n) is 10.6. The highest BCUT2D eigenvalue weighted by atomic mass is 32.2. The van der Waals surface area contributed by atoms with Crippen LogP contribution in [-0.4, -0.2) is 14.3 Å². The van der Waals surface area contributed by atoms with Crippen LogP contribution < -0.4 is 10.5 Å². The molecule has 3 N–H and O–H groups in total. The first kappa shape index (κ1) is 14.2. The smallest absolute Gasteiger partial charge is 0.265 e. The Bertz CT molecular complexity index is 879. The Morgan fingerprint density at radius 1 is 1.10 bits per heavy atom. The second-order valence-electron chi connectivity index (χ2n) is 4.28. The van der Waals surface area contributed by atoms with E-state index in [1.807, 2.05) is 17.5 Å². The van der Waals surface area contributed by atoms with Crippen LogP contribution in [0.3, 0.4) is 0 Å². The van der Waals surface area contributed by atoms with Crippen molar-refractivity contribution < 1.29 is 13.2 Å². The minimum Gasteiger partial charge on any atom is -0.321 e. The zero-order chi connectivity index (χ0) is 15.0. The summed E-state index contributed by atoms with van der Waals surface area (Å²) in [5.41, 5.74) is 0.518. The largest absolute Gasteiger partial charge is 0.321 e. The standard InChI is InChI=1S/C13H10N2O3S3/c14-21(17,18)9-3-1-8(2-4-9)15-13(16)12-7-11-10(20-12)5-6-19-11/h1-7H,(H,15,16)(H2,14,17,18). The molecule has 8 heteroatoms. The highest BCUT2D eigenvalue weighted by molar-refractivity contribution is 7.89. The number of anilines is 1. The van der Waals surface area contributed by atoms with E-state index >= 15 is 0 Å². The lowest BCUT2D eigenvalue weighted by Crippen LogP contribution is -2.13. The van der Waals surface area contributed by atoms with Gasteiger partial charge in [0.15, 0.2) is 0 Å². The van der Waals surface area contributed by atoms with Gasteiger partial charge in [0.25, 0.3) is 5.91 Å². The molecule has 21 heavy (non-hydrogen) atoms. The molecule has 0 atom stereocenters. The maximum Gasteiger partial charge on any atom is 0.265 e. The van der Waals surface area contributed by atoms with E-state index in [9.17, 15) is 13.2 Å². The van der Waals surface area contributed by atoms with Crippen LogP contribution >= 0.6 is 22.7 Å². The van der Waals surface area contributed by atoms with Crippen molar-refractivity contribution in [3.63, 3.8) is 0 Å². The van der Waals surface area contributed by atoms with E-state index in [2.05, 4.69) is 5.32 Å². The van der Waals surface area contributed by atoms with Crippen LogP contribution in [0, 0.1) is 0 Å². The molecule has 0 saturated carbocycles. The fraction of sp³-hybridized carbons (Fsp3) is 0. The first-order valence-corrected chi connectivity index (χ1v) is 9.09. The van der Waals surface area contributed by atoms with Crippen molar-refractivity contribution in [2.75, 3.05) is 5.32 Å². The second kappa shape index (κ2) is 5.23. The molecular formula is C13H10N2O3S3. The number of nitrogens with one attached hydrogen (secondary N) is 1. The topological polar surface area (TPSA) is 89.3 Å². The molecule has 0 saturated heterocycles. The van der Waals surface area contributed by atoms with E-state index in [4.69, 9.17) is 5.14 Å². The maximum absolute atomic E-state index is 12.1. The SMILES string of the molecule is NS(=O)(=O)c1ccc(NC(=O)c2cc3sccc3s2)cc1. The number of fused-ring (bicyclic) bond motifs is 1. The molecule has 0 radical (unpaired) electrons. The van der Waals surface area contributed by atoms with Crippen molar-refractivity contribution in [3.05, 3.63) is 46.7 Å². The van der Waals surface area contributed by atoms with Gasteiger partial charge in [-0.25, -0.2) is 13.6 Å². The Morgan fingerprint density at radius 3 is 2.43 bits per heavy atom. The van der Waals surface area contributed by atoms with Crippen molar-refractivity contribution in [1.29, 1.82) is 0 Å². The lowest BCUT2D eigenvalue weighted by molar-refractivity contribution is 0.103. The summed E-state index contributed by atoms with van der Waals surface area (Å²) in [6.07, 6.45) is 0. The van der Waals surface area contributed by atoms with Crippen molar-refractivity contribution in [2.24, 2.45) is 5.14 Å². The second-order valence-corrected chi connectivity index (χ2v) is 7.88. The molecular weight excluding hydrogens is 328 g/mol. The molecule has 0 aliphatic carbocycles. The third kappa shape index (κ3) is 2.98. The predicted molar refractivity (Wildman–Crippen MR) is 85.5 cm³/mol. The Labute approximate surface area is 129 Å². The number of nitrogens with two attached hydrogens (primary N) is 1. The zero-order valence-corrected chi connectivity index (χ0v) is 13.0. The Kier molecular flexibility index (Phi) is 3.54. The van der Waals surface area contributed by atoms with Gasteiger partial charge in [-0.3, -0.25) is 4.79 Å². The van der Waals surface area contributed by atoms with Gasteiger partial charge in [-0.15, -0.1) is 22.7 Å². The van der Waals surface area contributed by atoms with Crippen LogP contribution in [0.25, 0.3) is 9.40 Å². The van der Waals surface area contributed by atoms with Gasteiger partial charge in [-0.1, -0.05) is 0 Å². The number of hydrogen-bond acceptors (Lipinski definition) is 5. The monoisotopic (exact) mass is 338 g/mol. The third-order valence-corrected chi connectivity index (χ3v) is 5.83. The van der Waals surface area contributed by atoms with Gasteiger partial charge in [0, 0.05) is 15.1 Å². The van der Waals surface area contributed by atoms with Crippen LogP contribution in [0.15, 0.2) is 46.7 Å². The van der Waals surface area contributed by atoms with E-state index < -0.39 is 10.0 Å². The summed E-state index contributed by atoms with van der Waals surface area (Å²) >= 11 is 3.01. The highest BCUT2D eigenvalue weighted by Crippen LogP contribution is 2.30. The molecule has 1 amide bonds. The van der Waals surface area contributed by atoms with Gasteiger partial charge in [-0.2, -0.15) is 0 Å². The van der Waals surface area contributed by atoms with Crippen molar-refractivity contribution in [1.82, 2.24) is 0 Å². The van der Waals surface area contributed by atoms with E-state index in [1.165, 1.54) is 35.6 Å². The first-order valence-electron chi connectivity index (χ1n) is 5.85. The molecule has 0 fully saturated rings. The molecule has 0 aliphatic rings. The summed E-state index contributed by atoms with van der Waals surface area (Å²) in [7, 11) is -3.72. The molecule has 0 spiro atoms. The number of benzene rings is 1. The highest BCUT2D eigenvalue weighted by Gasteiger charge is 2.12. The molecule has 0 aliphatic heterocycles. The summed E-state index contributed by atoms with van der Waals surface area (Å²) in [6, 6.07) is 9.55. The fourth-order valence-corrected chi connectivity index (χ4v) is 4.32. The lowest BCUT2D eigenvalue weighted by Gasteiger charge is -2.04. The van der Waals surface area contributed by atoms with Crippen LogP contribution in [0.5, 0.6) is 0 Å². The number of carbonyl (C=O) groups excluding carboxylic acids is 1. The van der Waals surface area contributed by atoms with Gasteiger partial charge in [0.2, 0.25) is 10.0 Å². The van der Waals surface area contributed by atoms with E-state index in [0.29, 0.717) is 10.6 Å². The molecule has 5 nitrogen and oxygen atoms in total. The van der Waals surface area contributed by atoms with Gasteiger partial charge in [0.1, 0.15) is 0 Å². The normalized spacial score (nSPS) is 11.7. The summed E-state index contributed by atoms with van der Waals surface area (Å²) in [5.74, 6) is -0.216. The van der Waals surface area contributed by atoms with Crippen LogP contribution in [0.4, 0.5) is 5.69 Å². The van der Waals surface area contributed by atoms with Gasteiger partial charge >= 0.3 is 0 Å². The molecule has 0 unspecified atom stereocenters. The fourth-order valence-electron chi connectivity index (χ4n) is 1.80. The Balaban J connectivity index is 1.80. The predicted octanol–water partition coefficient (Wildman–Crippen LogP) is 2.86. The quantitative estimate of drug-likeness (QED) is 0.769. The van der Waals surface area contributed by atoms with E-state index in [0.717, 1.165) is 9.40 Å². The summed E-state index contributed by atoms with van der Waals surface area (Å²) in [6.45, 7) is 0. The van der Waals surface area contributed by atoms with E-state index in [-0.39, 0.29) is 10.8 Å². The van der Waals surface area contributed by atoms with Crippen molar-refractivity contribution in [3.8, 4) is 0 Å². The third-order valence-electron chi connectivity index (χ3n) is 2.80. The maximum atomic E-state index is 12.1. The Hall–Kier alpha value is -1.74. The molecule has 108 valence electrons. The molecule has 0 bridgehead atoms. The molecule has 3 rings (SSSR count). The average molecular weight is 338 g/mol. The lowest BCUT2D eigenvalue weighted by atomic mass is 10.3. The molecule has 3 aromatic rings. The first-order chi connectivity index (χ1) is 9.93. The van der Waals surface area contributed by atoms with E-state index in [1.54, 1.807) is 11.3 Å². The number of primary sulfonamides is 1. The number of rotatable bonds is 3. The molecule has 2 heterocycles. The van der Waals surface area contributed by atoms with Gasteiger partial charge < -0.3 is 5.32 Å². The average Bonchev–Trinajstić information content (AvgIpc) is 2.98. The molecule has 2 aromatic heterocycles. The number of hydrogen-bond donors (Lipinski definition) is 2. The molecule has 1 aromatic carbocycles. The summed E-state index contributed by atoms with van der Waals surface area (Å²) in [5, 5.41) is 9.73. The number of thiophene rings is 2. The number of carbonyl (C=O) groups is 1. The number of amides is 1. The van der Waals surface area contributed by atoms with Crippen LogP contribution in [-0.2, 0) is 10.0 Å². The van der Waals surface area contributed by atoms with Gasteiger partial charge in [-0.05, 0) is 41.8 Å². The summed E-state index contributed by atoms with van der Waals surface area (Å²) in [4.78, 5) is 12.8. The minimum absolute atomic E-state index is 0.0112.